The van der Waals surface area contributed by atoms with E-state index in [0.717, 1.165) is 12.0 Å². The number of fused-ring (bicyclic) bond motifs is 1. The molecule has 0 spiro atoms. The second kappa shape index (κ2) is 5.34. The maximum atomic E-state index is 12.0. The van der Waals surface area contributed by atoms with Crippen LogP contribution < -0.4 is 0 Å². The van der Waals surface area contributed by atoms with Crippen LogP contribution in [0.4, 0.5) is 0 Å². The summed E-state index contributed by atoms with van der Waals surface area (Å²) in [6.45, 7) is 1.33. The molecule has 2 aromatic carbocycles. The van der Waals surface area contributed by atoms with Gasteiger partial charge in [-0.25, -0.2) is 0 Å². The molecule has 3 heteroatoms. The minimum atomic E-state index is -0.102. The molecule has 1 heterocycles. The summed E-state index contributed by atoms with van der Waals surface area (Å²) in [5.74, 6) is -0.00804. The smallest absolute Gasteiger partial charge is 0.224 e. The van der Waals surface area contributed by atoms with Crippen molar-refractivity contribution in [3.05, 3.63) is 48.0 Å². The first kappa shape index (κ1) is 12.7. The van der Waals surface area contributed by atoms with Gasteiger partial charge in [-0.15, -0.1) is 0 Å². The quantitative estimate of drug-likeness (QED) is 0.836. The van der Waals surface area contributed by atoms with E-state index in [-0.39, 0.29) is 11.8 Å². The number of nitrogens with zero attached hydrogens (tertiary/aromatic N) is 2. The Balaban J connectivity index is 1.76. The number of nitriles is 1. The van der Waals surface area contributed by atoms with Crippen molar-refractivity contribution < 1.29 is 4.79 Å². The summed E-state index contributed by atoms with van der Waals surface area (Å²) in [7, 11) is 0. The molecule has 3 rings (SSSR count). The molecular weight excluding hydrogens is 248 g/mol. The summed E-state index contributed by atoms with van der Waals surface area (Å²) in [4.78, 5) is 13.9. The van der Waals surface area contributed by atoms with E-state index in [4.69, 9.17) is 5.26 Å². The molecule has 0 bridgehead atoms. The van der Waals surface area contributed by atoms with Gasteiger partial charge in [-0.2, -0.15) is 5.26 Å². The molecule has 1 fully saturated rings. The Morgan fingerprint density at radius 1 is 1.20 bits per heavy atom. The fourth-order valence-electron chi connectivity index (χ4n) is 2.71. The van der Waals surface area contributed by atoms with Crippen molar-refractivity contribution in [2.75, 3.05) is 6.54 Å². The Kier molecular flexibility index (Phi) is 3.39. The summed E-state index contributed by atoms with van der Waals surface area (Å²) in [5, 5.41) is 11.3. The van der Waals surface area contributed by atoms with Crippen molar-refractivity contribution in [2.24, 2.45) is 5.92 Å². The van der Waals surface area contributed by atoms with E-state index in [1.54, 1.807) is 0 Å². The molecule has 1 saturated heterocycles. The minimum absolute atomic E-state index is 0.0935. The van der Waals surface area contributed by atoms with Crippen LogP contribution in [-0.4, -0.2) is 17.4 Å². The average molecular weight is 264 g/mol. The highest BCUT2D eigenvalue weighted by Gasteiger charge is 2.25. The van der Waals surface area contributed by atoms with E-state index in [9.17, 15) is 4.79 Å². The van der Waals surface area contributed by atoms with Crippen LogP contribution in [0.15, 0.2) is 42.5 Å². The normalized spacial score (nSPS) is 19.1. The molecule has 1 atom stereocenters. The number of piperidine rings is 1. The van der Waals surface area contributed by atoms with Crippen molar-refractivity contribution in [3.8, 4) is 6.07 Å². The summed E-state index contributed by atoms with van der Waals surface area (Å²) < 4.78 is 0. The van der Waals surface area contributed by atoms with Gasteiger partial charge in [-0.3, -0.25) is 4.79 Å². The molecule has 0 radical (unpaired) electrons. The third kappa shape index (κ3) is 2.50. The summed E-state index contributed by atoms with van der Waals surface area (Å²) in [6.07, 6.45) is 1.15. The molecule has 0 aliphatic carbocycles. The van der Waals surface area contributed by atoms with Gasteiger partial charge in [0.1, 0.15) is 0 Å². The first-order valence-electron chi connectivity index (χ1n) is 6.91. The number of hydrogen-bond donors (Lipinski definition) is 0. The standard InChI is InChI=1S/C17H16N2O/c18-11-13-7-8-19(17(20)10-13)12-14-5-6-15-3-1-2-4-16(15)9-14/h1-6,9,13H,7-8,10,12H2. The van der Waals surface area contributed by atoms with Crippen molar-refractivity contribution in [1.29, 1.82) is 5.26 Å². The number of carbonyl (C=O) groups excluding carboxylic acids is 1. The number of rotatable bonds is 2. The van der Waals surface area contributed by atoms with E-state index < -0.39 is 0 Å². The summed E-state index contributed by atoms with van der Waals surface area (Å²) in [6, 6.07) is 16.7. The van der Waals surface area contributed by atoms with E-state index in [1.807, 2.05) is 17.0 Å². The lowest BCUT2D eigenvalue weighted by atomic mass is 9.97. The lowest BCUT2D eigenvalue weighted by Crippen LogP contribution is -2.37. The van der Waals surface area contributed by atoms with Gasteiger partial charge in [-0.1, -0.05) is 36.4 Å². The number of likely N-dealkylation sites (tertiary alicyclic amines) is 1. The van der Waals surface area contributed by atoms with Gasteiger partial charge in [0.05, 0.1) is 12.0 Å². The summed E-state index contributed by atoms with van der Waals surface area (Å²) in [5.41, 5.74) is 1.15. The molecule has 1 amide bonds. The monoisotopic (exact) mass is 264 g/mol. The highest BCUT2D eigenvalue weighted by atomic mass is 16.2. The van der Waals surface area contributed by atoms with Crippen molar-refractivity contribution in [1.82, 2.24) is 4.90 Å². The van der Waals surface area contributed by atoms with Crippen molar-refractivity contribution >= 4 is 16.7 Å². The molecule has 1 aliphatic rings. The largest absolute Gasteiger partial charge is 0.338 e. The molecule has 0 aromatic heterocycles. The van der Waals surface area contributed by atoms with Crippen LogP contribution in [0.5, 0.6) is 0 Å². The molecule has 1 aliphatic heterocycles. The van der Waals surface area contributed by atoms with E-state index in [1.165, 1.54) is 10.8 Å². The summed E-state index contributed by atoms with van der Waals surface area (Å²) >= 11 is 0. The van der Waals surface area contributed by atoms with Crippen LogP contribution in [-0.2, 0) is 11.3 Å². The number of benzene rings is 2. The fourth-order valence-corrected chi connectivity index (χ4v) is 2.71. The Morgan fingerprint density at radius 2 is 2.00 bits per heavy atom. The Hall–Kier alpha value is -2.34. The van der Waals surface area contributed by atoms with Gasteiger partial charge in [0.2, 0.25) is 5.91 Å². The SMILES string of the molecule is N#CC1CCN(Cc2ccc3ccccc3c2)C(=O)C1. The van der Waals surface area contributed by atoms with Gasteiger partial charge >= 0.3 is 0 Å². The van der Waals surface area contributed by atoms with Crippen LogP contribution in [0.2, 0.25) is 0 Å². The van der Waals surface area contributed by atoms with Crippen LogP contribution in [0.3, 0.4) is 0 Å². The van der Waals surface area contributed by atoms with Gasteiger partial charge in [-0.05, 0) is 28.8 Å². The van der Waals surface area contributed by atoms with Gasteiger partial charge in [0.25, 0.3) is 0 Å². The molecule has 100 valence electrons. The zero-order valence-corrected chi connectivity index (χ0v) is 11.2. The Bertz CT molecular complexity index is 687. The van der Waals surface area contributed by atoms with Crippen LogP contribution in [0.1, 0.15) is 18.4 Å². The predicted molar refractivity (Wildman–Crippen MR) is 77.7 cm³/mol. The van der Waals surface area contributed by atoms with E-state index >= 15 is 0 Å². The molecule has 20 heavy (non-hydrogen) atoms. The third-order valence-corrected chi connectivity index (χ3v) is 3.89. The maximum Gasteiger partial charge on any atom is 0.224 e. The first-order chi connectivity index (χ1) is 9.76. The molecule has 3 nitrogen and oxygen atoms in total. The fraction of sp³-hybridized carbons (Fsp3) is 0.294. The Labute approximate surface area is 118 Å². The van der Waals surface area contributed by atoms with Gasteiger partial charge in [0, 0.05) is 19.5 Å². The zero-order chi connectivity index (χ0) is 13.9. The average Bonchev–Trinajstić information content (AvgIpc) is 2.49. The molecule has 1 unspecified atom stereocenters. The van der Waals surface area contributed by atoms with Crippen LogP contribution in [0, 0.1) is 17.2 Å². The van der Waals surface area contributed by atoms with E-state index in [0.29, 0.717) is 19.5 Å². The zero-order valence-electron chi connectivity index (χ0n) is 11.2. The van der Waals surface area contributed by atoms with Crippen LogP contribution >= 0.6 is 0 Å². The predicted octanol–water partition coefficient (Wildman–Crippen LogP) is 3.10. The van der Waals surface area contributed by atoms with Gasteiger partial charge in [0.15, 0.2) is 0 Å². The van der Waals surface area contributed by atoms with Crippen LogP contribution in [0.25, 0.3) is 10.8 Å². The number of carbonyl (C=O) groups is 1. The van der Waals surface area contributed by atoms with Crippen molar-refractivity contribution in [2.45, 2.75) is 19.4 Å². The lowest BCUT2D eigenvalue weighted by Gasteiger charge is -2.29. The molecular formula is C17H16N2O. The molecule has 0 saturated carbocycles. The highest BCUT2D eigenvalue weighted by Crippen LogP contribution is 2.21. The van der Waals surface area contributed by atoms with Crippen molar-refractivity contribution in [3.63, 3.8) is 0 Å². The Morgan fingerprint density at radius 3 is 2.75 bits per heavy atom. The second-order valence-electron chi connectivity index (χ2n) is 5.32. The van der Waals surface area contributed by atoms with Gasteiger partial charge < -0.3 is 4.90 Å². The highest BCUT2D eigenvalue weighted by molar-refractivity contribution is 5.83. The minimum Gasteiger partial charge on any atom is -0.338 e. The molecule has 2 aromatic rings. The number of hydrogen-bond acceptors (Lipinski definition) is 2. The number of amides is 1. The maximum absolute atomic E-state index is 12.0. The molecule has 0 N–H and O–H groups in total. The topological polar surface area (TPSA) is 44.1 Å². The first-order valence-corrected chi connectivity index (χ1v) is 6.91. The second-order valence-corrected chi connectivity index (χ2v) is 5.32. The third-order valence-electron chi connectivity index (χ3n) is 3.89. The van der Waals surface area contributed by atoms with E-state index in [2.05, 4.69) is 36.4 Å². The lowest BCUT2D eigenvalue weighted by molar-refractivity contribution is -0.134.